The standard InChI is InChI=1S/C24H34ClN3O2/c25-21-7-4-6-20(18-21)24(10-11-24)23(30)28-16-8-19(9-17-28)22(29)26-12-5-15-27-13-2-1-3-14-27/h4,6-7,18-19H,1-3,5,8-17H2,(H,26,29). The molecule has 0 atom stereocenters. The molecule has 1 aromatic carbocycles. The Morgan fingerprint density at radius 1 is 1.07 bits per heavy atom. The summed E-state index contributed by atoms with van der Waals surface area (Å²) in [6.07, 6.45) is 8.29. The zero-order valence-corrected chi connectivity index (χ0v) is 18.6. The average Bonchev–Trinajstić information content (AvgIpc) is 3.59. The summed E-state index contributed by atoms with van der Waals surface area (Å²) >= 11 is 6.15. The highest BCUT2D eigenvalue weighted by molar-refractivity contribution is 6.30. The molecule has 1 N–H and O–H groups in total. The Morgan fingerprint density at radius 3 is 2.47 bits per heavy atom. The van der Waals surface area contributed by atoms with Gasteiger partial charge in [-0.25, -0.2) is 0 Å². The Labute approximate surface area is 185 Å². The lowest BCUT2D eigenvalue weighted by atomic mass is 9.91. The lowest BCUT2D eigenvalue weighted by Crippen LogP contribution is -2.46. The van der Waals surface area contributed by atoms with E-state index in [1.165, 1.54) is 32.4 Å². The molecule has 4 rings (SSSR count). The van der Waals surface area contributed by atoms with Gasteiger partial charge >= 0.3 is 0 Å². The molecule has 2 amide bonds. The average molecular weight is 432 g/mol. The maximum Gasteiger partial charge on any atom is 0.233 e. The molecule has 164 valence electrons. The van der Waals surface area contributed by atoms with Crippen LogP contribution in [0.3, 0.4) is 0 Å². The zero-order chi connectivity index (χ0) is 21.0. The predicted octanol–water partition coefficient (Wildman–Crippen LogP) is 3.60. The number of benzene rings is 1. The van der Waals surface area contributed by atoms with Crippen molar-refractivity contribution in [2.24, 2.45) is 5.92 Å². The van der Waals surface area contributed by atoms with E-state index in [-0.39, 0.29) is 23.1 Å². The fourth-order valence-corrected chi connectivity index (χ4v) is 5.22. The number of hydrogen-bond donors (Lipinski definition) is 1. The Kier molecular flexibility index (Phi) is 6.99. The summed E-state index contributed by atoms with van der Waals surface area (Å²) in [6.45, 7) is 5.60. The van der Waals surface area contributed by atoms with Crippen molar-refractivity contribution >= 4 is 23.4 Å². The highest BCUT2D eigenvalue weighted by Gasteiger charge is 2.53. The number of nitrogens with one attached hydrogen (secondary N) is 1. The van der Waals surface area contributed by atoms with Gasteiger partial charge < -0.3 is 15.1 Å². The van der Waals surface area contributed by atoms with Gasteiger partial charge in [-0.2, -0.15) is 0 Å². The van der Waals surface area contributed by atoms with Gasteiger partial charge in [0.2, 0.25) is 11.8 Å². The van der Waals surface area contributed by atoms with Gasteiger partial charge in [-0.05, 0) is 82.3 Å². The third kappa shape index (κ3) is 5.00. The van der Waals surface area contributed by atoms with Gasteiger partial charge in [0.15, 0.2) is 0 Å². The van der Waals surface area contributed by atoms with Crippen LogP contribution in [0.15, 0.2) is 24.3 Å². The number of amides is 2. The molecule has 2 saturated heterocycles. The summed E-state index contributed by atoms with van der Waals surface area (Å²) in [5.41, 5.74) is 0.655. The molecule has 0 bridgehead atoms. The largest absolute Gasteiger partial charge is 0.356 e. The summed E-state index contributed by atoms with van der Waals surface area (Å²) in [5.74, 6) is 0.409. The number of hydrogen-bond acceptors (Lipinski definition) is 3. The van der Waals surface area contributed by atoms with E-state index < -0.39 is 0 Å². The summed E-state index contributed by atoms with van der Waals surface area (Å²) < 4.78 is 0. The molecule has 3 aliphatic rings. The number of nitrogens with zero attached hydrogens (tertiary/aromatic N) is 2. The van der Waals surface area contributed by atoms with E-state index in [0.717, 1.165) is 50.8 Å². The quantitative estimate of drug-likeness (QED) is 0.671. The van der Waals surface area contributed by atoms with Crippen molar-refractivity contribution in [1.29, 1.82) is 0 Å². The molecular weight excluding hydrogens is 398 g/mol. The molecule has 0 aromatic heterocycles. The first kappa shape index (κ1) is 21.6. The normalized spacial score (nSPS) is 22.0. The van der Waals surface area contributed by atoms with Crippen molar-refractivity contribution < 1.29 is 9.59 Å². The van der Waals surface area contributed by atoms with Crippen molar-refractivity contribution in [2.45, 2.75) is 56.8 Å². The van der Waals surface area contributed by atoms with Crippen molar-refractivity contribution in [3.05, 3.63) is 34.9 Å². The molecule has 2 aliphatic heterocycles. The molecule has 1 saturated carbocycles. The summed E-state index contributed by atoms with van der Waals surface area (Å²) in [7, 11) is 0. The van der Waals surface area contributed by atoms with Gasteiger partial charge in [-0.1, -0.05) is 30.2 Å². The molecule has 2 heterocycles. The number of halogens is 1. The van der Waals surface area contributed by atoms with Crippen molar-refractivity contribution in [3.8, 4) is 0 Å². The van der Waals surface area contributed by atoms with Crippen molar-refractivity contribution in [3.63, 3.8) is 0 Å². The Bertz CT molecular complexity index is 751. The van der Waals surface area contributed by atoms with E-state index in [4.69, 9.17) is 11.6 Å². The van der Waals surface area contributed by atoms with Crippen LogP contribution in [0.25, 0.3) is 0 Å². The number of likely N-dealkylation sites (tertiary alicyclic amines) is 2. The van der Waals surface area contributed by atoms with E-state index in [2.05, 4.69) is 10.2 Å². The first-order valence-corrected chi connectivity index (χ1v) is 12.0. The van der Waals surface area contributed by atoms with Crippen LogP contribution in [0.2, 0.25) is 5.02 Å². The van der Waals surface area contributed by atoms with E-state index in [9.17, 15) is 9.59 Å². The Morgan fingerprint density at radius 2 is 1.80 bits per heavy atom. The van der Waals surface area contributed by atoms with Gasteiger partial charge in [0, 0.05) is 30.6 Å². The van der Waals surface area contributed by atoms with E-state index in [1.54, 1.807) is 0 Å². The lowest BCUT2D eigenvalue weighted by Gasteiger charge is -2.34. The second-order valence-corrected chi connectivity index (χ2v) is 9.64. The van der Waals surface area contributed by atoms with Crippen LogP contribution in [0.1, 0.15) is 56.9 Å². The maximum atomic E-state index is 13.2. The van der Waals surface area contributed by atoms with Crippen LogP contribution in [-0.2, 0) is 15.0 Å². The maximum absolute atomic E-state index is 13.2. The third-order valence-corrected chi connectivity index (χ3v) is 7.32. The van der Waals surface area contributed by atoms with Crippen LogP contribution in [0, 0.1) is 5.92 Å². The first-order chi connectivity index (χ1) is 14.6. The minimum atomic E-state index is -0.381. The second kappa shape index (κ2) is 9.69. The first-order valence-electron chi connectivity index (χ1n) is 11.6. The van der Waals surface area contributed by atoms with Gasteiger partial charge in [-0.3, -0.25) is 9.59 Å². The van der Waals surface area contributed by atoms with Gasteiger partial charge in [0.05, 0.1) is 5.41 Å². The highest BCUT2D eigenvalue weighted by Crippen LogP contribution is 2.50. The topological polar surface area (TPSA) is 52.7 Å². The smallest absolute Gasteiger partial charge is 0.233 e. The van der Waals surface area contributed by atoms with Gasteiger partial charge in [0.25, 0.3) is 0 Å². The predicted molar refractivity (Wildman–Crippen MR) is 120 cm³/mol. The second-order valence-electron chi connectivity index (χ2n) is 9.21. The zero-order valence-electron chi connectivity index (χ0n) is 17.9. The summed E-state index contributed by atoms with van der Waals surface area (Å²) in [4.78, 5) is 30.2. The molecule has 0 unspecified atom stereocenters. The summed E-state index contributed by atoms with van der Waals surface area (Å²) in [5, 5.41) is 3.81. The van der Waals surface area contributed by atoms with Gasteiger partial charge in [0.1, 0.15) is 0 Å². The molecule has 5 nitrogen and oxygen atoms in total. The fraction of sp³-hybridized carbons (Fsp3) is 0.667. The fourth-order valence-electron chi connectivity index (χ4n) is 5.03. The minimum absolute atomic E-state index is 0.0327. The monoisotopic (exact) mass is 431 g/mol. The minimum Gasteiger partial charge on any atom is -0.356 e. The molecule has 1 aliphatic carbocycles. The van der Waals surface area contributed by atoms with E-state index in [0.29, 0.717) is 18.1 Å². The number of piperidine rings is 2. The van der Waals surface area contributed by atoms with E-state index >= 15 is 0 Å². The number of carbonyl (C=O) groups is 2. The number of carbonyl (C=O) groups excluding carboxylic acids is 2. The SMILES string of the molecule is O=C(NCCCN1CCCCC1)C1CCN(C(=O)C2(c3cccc(Cl)c3)CC2)CC1. The summed E-state index contributed by atoms with van der Waals surface area (Å²) in [6, 6.07) is 7.71. The Hall–Kier alpha value is -1.59. The Balaban J connectivity index is 1.20. The molecule has 0 radical (unpaired) electrons. The van der Waals surface area contributed by atoms with Crippen LogP contribution in [-0.4, -0.2) is 60.9 Å². The lowest BCUT2D eigenvalue weighted by molar-refractivity contribution is -0.137. The third-order valence-electron chi connectivity index (χ3n) is 7.09. The van der Waals surface area contributed by atoms with E-state index in [1.807, 2.05) is 29.2 Å². The van der Waals surface area contributed by atoms with Crippen LogP contribution >= 0.6 is 11.6 Å². The molecule has 30 heavy (non-hydrogen) atoms. The van der Waals surface area contributed by atoms with Crippen molar-refractivity contribution in [1.82, 2.24) is 15.1 Å². The van der Waals surface area contributed by atoms with Crippen LogP contribution in [0.4, 0.5) is 0 Å². The molecule has 3 fully saturated rings. The highest BCUT2D eigenvalue weighted by atomic mass is 35.5. The molecule has 1 aromatic rings. The number of rotatable bonds is 7. The van der Waals surface area contributed by atoms with Crippen LogP contribution < -0.4 is 5.32 Å². The van der Waals surface area contributed by atoms with Crippen molar-refractivity contribution in [2.75, 3.05) is 39.3 Å². The van der Waals surface area contributed by atoms with Crippen LogP contribution in [0.5, 0.6) is 0 Å². The molecule has 6 heteroatoms. The van der Waals surface area contributed by atoms with Gasteiger partial charge in [-0.15, -0.1) is 0 Å². The molecule has 0 spiro atoms. The molecular formula is C24H34ClN3O2.